The van der Waals surface area contributed by atoms with Crippen LogP contribution in [0.5, 0.6) is 23.0 Å². The predicted molar refractivity (Wildman–Crippen MR) is 107 cm³/mol. The SMILES string of the molecule is COc1cc(C(=O)NNC(=O)c2ccc3c(c2)OCO3)ccc1OCc1cscn1. The molecule has 30 heavy (non-hydrogen) atoms. The first-order valence-corrected chi connectivity index (χ1v) is 9.76. The van der Waals surface area contributed by atoms with E-state index >= 15 is 0 Å². The molecule has 10 heteroatoms. The van der Waals surface area contributed by atoms with Gasteiger partial charge in [0.15, 0.2) is 23.0 Å². The van der Waals surface area contributed by atoms with Crippen LogP contribution in [-0.4, -0.2) is 30.7 Å². The molecule has 3 aromatic rings. The van der Waals surface area contributed by atoms with E-state index in [1.807, 2.05) is 5.38 Å². The van der Waals surface area contributed by atoms with Crippen LogP contribution in [0.4, 0.5) is 0 Å². The van der Waals surface area contributed by atoms with Gasteiger partial charge < -0.3 is 18.9 Å². The lowest BCUT2D eigenvalue weighted by Crippen LogP contribution is -2.41. The molecular formula is C20H17N3O6S. The third-order valence-electron chi connectivity index (χ3n) is 4.21. The summed E-state index contributed by atoms with van der Waals surface area (Å²) < 4.78 is 21.5. The third kappa shape index (κ3) is 4.28. The molecule has 0 bridgehead atoms. The van der Waals surface area contributed by atoms with Crippen molar-refractivity contribution in [2.24, 2.45) is 0 Å². The molecule has 154 valence electrons. The van der Waals surface area contributed by atoms with Crippen LogP contribution >= 0.6 is 11.3 Å². The van der Waals surface area contributed by atoms with E-state index in [1.54, 1.807) is 35.8 Å². The average molecular weight is 427 g/mol. The van der Waals surface area contributed by atoms with Gasteiger partial charge in [-0.3, -0.25) is 20.4 Å². The maximum Gasteiger partial charge on any atom is 0.269 e. The van der Waals surface area contributed by atoms with Crippen LogP contribution in [0.25, 0.3) is 0 Å². The number of methoxy groups -OCH3 is 1. The van der Waals surface area contributed by atoms with Crippen LogP contribution in [0.3, 0.4) is 0 Å². The number of carbonyl (C=O) groups is 2. The summed E-state index contributed by atoms with van der Waals surface area (Å²) >= 11 is 1.48. The highest BCUT2D eigenvalue weighted by atomic mass is 32.1. The number of ether oxygens (including phenoxy) is 4. The molecule has 0 unspecified atom stereocenters. The molecule has 0 spiro atoms. The van der Waals surface area contributed by atoms with Gasteiger partial charge in [0.05, 0.1) is 18.3 Å². The van der Waals surface area contributed by atoms with Crippen molar-refractivity contribution >= 4 is 23.2 Å². The number of fused-ring (bicyclic) bond motifs is 1. The number of nitrogens with one attached hydrogen (secondary N) is 2. The van der Waals surface area contributed by atoms with Crippen LogP contribution in [0.1, 0.15) is 26.4 Å². The topological polar surface area (TPSA) is 108 Å². The van der Waals surface area contributed by atoms with Crippen molar-refractivity contribution in [2.75, 3.05) is 13.9 Å². The zero-order valence-electron chi connectivity index (χ0n) is 15.8. The Labute approximate surface area is 175 Å². The number of amides is 2. The molecule has 2 amide bonds. The Bertz CT molecular complexity index is 1070. The quantitative estimate of drug-likeness (QED) is 0.582. The highest BCUT2D eigenvalue weighted by Gasteiger charge is 2.17. The van der Waals surface area contributed by atoms with Crippen molar-refractivity contribution in [3.63, 3.8) is 0 Å². The van der Waals surface area contributed by atoms with E-state index in [1.165, 1.54) is 24.5 Å². The number of aromatic nitrogens is 1. The van der Waals surface area contributed by atoms with Gasteiger partial charge in [-0.05, 0) is 36.4 Å². The van der Waals surface area contributed by atoms with Crippen LogP contribution in [0, 0.1) is 0 Å². The van der Waals surface area contributed by atoms with Gasteiger partial charge in [-0.1, -0.05) is 0 Å². The normalized spacial score (nSPS) is 11.6. The highest BCUT2D eigenvalue weighted by molar-refractivity contribution is 7.07. The zero-order valence-corrected chi connectivity index (χ0v) is 16.7. The number of carbonyl (C=O) groups excluding carboxylic acids is 2. The largest absolute Gasteiger partial charge is 0.493 e. The van der Waals surface area contributed by atoms with Crippen molar-refractivity contribution in [2.45, 2.75) is 6.61 Å². The highest BCUT2D eigenvalue weighted by Crippen LogP contribution is 2.32. The molecule has 2 heterocycles. The molecule has 0 aliphatic carbocycles. The summed E-state index contributed by atoms with van der Waals surface area (Å²) in [6.07, 6.45) is 0. The van der Waals surface area contributed by atoms with Crippen LogP contribution in [-0.2, 0) is 6.61 Å². The molecule has 9 nitrogen and oxygen atoms in total. The second-order valence-electron chi connectivity index (χ2n) is 6.11. The minimum Gasteiger partial charge on any atom is -0.493 e. The molecule has 2 N–H and O–H groups in total. The Balaban J connectivity index is 1.37. The molecule has 2 aromatic carbocycles. The summed E-state index contributed by atoms with van der Waals surface area (Å²) in [6.45, 7) is 0.402. The molecule has 1 aromatic heterocycles. The van der Waals surface area contributed by atoms with E-state index in [9.17, 15) is 9.59 Å². The summed E-state index contributed by atoms with van der Waals surface area (Å²) in [5, 5.41) is 1.89. The fourth-order valence-electron chi connectivity index (χ4n) is 2.68. The standard InChI is InChI=1S/C20H17N3O6S/c1-26-17-6-12(2-4-15(17)27-8-14-9-30-10-21-14)19(24)22-23-20(25)13-3-5-16-18(7-13)29-11-28-16/h2-7,9-10H,8,11H2,1H3,(H,22,24)(H,23,25). The number of benzene rings is 2. The average Bonchev–Trinajstić information content (AvgIpc) is 3.46. The van der Waals surface area contributed by atoms with Crippen molar-refractivity contribution in [3.05, 3.63) is 64.1 Å². The lowest BCUT2D eigenvalue weighted by Gasteiger charge is -2.12. The Morgan fingerprint density at radius 2 is 1.77 bits per heavy atom. The molecule has 0 fully saturated rings. The second kappa shape index (κ2) is 8.70. The van der Waals surface area contributed by atoms with Crippen molar-refractivity contribution in [3.8, 4) is 23.0 Å². The van der Waals surface area contributed by atoms with E-state index in [0.717, 1.165) is 5.69 Å². The van der Waals surface area contributed by atoms with Gasteiger partial charge in [0.2, 0.25) is 6.79 Å². The van der Waals surface area contributed by atoms with E-state index in [0.29, 0.717) is 34.1 Å². The first kappa shape index (κ1) is 19.5. The number of nitrogens with zero attached hydrogens (tertiary/aromatic N) is 1. The number of thiazole rings is 1. The Hall–Kier alpha value is -3.79. The number of hydrogen-bond donors (Lipinski definition) is 2. The monoisotopic (exact) mass is 427 g/mol. The molecule has 0 radical (unpaired) electrons. The molecule has 0 saturated heterocycles. The van der Waals surface area contributed by atoms with Gasteiger partial charge in [0, 0.05) is 16.5 Å². The third-order valence-corrected chi connectivity index (χ3v) is 4.84. The summed E-state index contributed by atoms with van der Waals surface area (Å²) in [5.41, 5.74) is 7.88. The van der Waals surface area contributed by atoms with Gasteiger partial charge in [-0.15, -0.1) is 11.3 Å². The number of hydrazine groups is 1. The predicted octanol–water partition coefficient (Wildman–Crippen LogP) is 2.53. The molecule has 1 aliphatic heterocycles. The van der Waals surface area contributed by atoms with Gasteiger partial charge >= 0.3 is 0 Å². The maximum atomic E-state index is 12.4. The lowest BCUT2D eigenvalue weighted by molar-refractivity contribution is 0.0846. The minimum absolute atomic E-state index is 0.114. The molecule has 0 atom stereocenters. The molecule has 0 saturated carbocycles. The Morgan fingerprint density at radius 1 is 1.03 bits per heavy atom. The fourth-order valence-corrected chi connectivity index (χ4v) is 3.23. The van der Waals surface area contributed by atoms with Crippen molar-refractivity contribution in [1.82, 2.24) is 15.8 Å². The van der Waals surface area contributed by atoms with Gasteiger partial charge in [0.25, 0.3) is 11.8 Å². The summed E-state index contributed by atoms with van der Waals surface area (Å²) in [4.78, 5) is 28.9. The zero-order chi connectivity index (χ0) is 20.9. The first-order valence-electron chi connectivity index (χ1n) is 8.82. The first-order chi connectivity index (χ1) is 14.6. The summed E-state index contributed by atoms with van der Waals surface area (Å²) in [6, 6.07) is 9.47. The summed E-state index contributed by atoms with van der Waals surface area (Å²) in [7, 11) is 1.48. The van der Waals surface area contributed by atoms with E-state index in [2.05, 4.69) is 15.8 Å². The van der Waals surface area contributed by atoms with Crippen LogP contribution < -0.4 is 29.8 Å². The summed E-state index contributed by atoms with van der Waals surface area (Å²) in [5.74, 6) is 0.920. The fraction of sp³-hybridized carbons (Fsp3) is 0.150. The van der Waals surface area contributed by atoms with Crippen molar-refractivity contribution in [1.29, 1.82) is 0 Å². The molecule has 1 aliphatic rings. The van der Waals surface area contributed by atoms with Crippen molar-refractivity contribution < 1.29 is 28.5 Å². The maximum absolute atomic E-state index is 12.4. The lowest BCUT2D eigenvalue weighted by atomic mass is 10.2. The van der Waals surface area contributed by atoms with E-state index < -0.39 is 11.8 Å². The minimum atomic E-state index is -0.506. The van der Waals surface area contributed by atoms with E-state index in [-0.39, 0.29) is 13.4 Å². The number of rotatable bonds is 6. The van der Waals surface area contributed by atoms with E-state index in [4.69, 9.17) is 18.9 Å². The molecular weight excluding hydrogens is 410 g/mol. The Morgan fingerprint density at radius 3 is 2.50 bits per heavy atom. The van der Waals surface area contributed by atoms with Gasteiger partial charge in [-0.25, -0.2) is 4.98 Å². The van der Waals surface area contributed by atoms with Crippen LogP contribution in [0.15, 0.2) is 47.3 Å². The van der Waals surface area contributed by atoms with Gasteiger partial charge in [-0.2, -0.15) is 0 Å². The number of hydrogen-bond acceptors (Lipinski definition) is 8. The second-order valence-corrected chi connectivity index (χ2v) is 6.83. The van der Waals surface area contributed by atoms with Gasteiger partial charge in [0.1, 0.15) is 6.61 Å². The smallest absolute Gasteiger partial charge is 0.269 e. The van der Waals surface area contributed by atoms with Crippen LogP contribution in [0.2, 0.25) is 0 Å². The molecule has 4 rings (SSSR count). The Kier molecular flexibility index (Phi) is 5.66.